The SMILES string of the molecule is CC(N)c1ccc(Br)cc1Oc1cccc(F)c1. The van der Waals surface area contributed by atoms with E-state index in [9.17, 15) is 4.39 Å². The molecular formula is C14H13BrFNO. The van der Waals surface area contributed by atoms with Crippen molar-refractivity contribution in [1.82, 2.24) is 0 Å². The van der Waals surface area contributed by atoms with Gasteiger partial charge in [-0.3, -0.25) is 0 Å². The highest BCUT2D eigenvalue weighted by atomic mass is 79.9. The first-order valence-electron chi connectivity index (χ1n) is 5.54. The van der Waals surface area contributed by atoms with Crippen LogP contribution >= 0.6 is 15.9 Å². The first-order chi connectivity index (χ1) is 8.56. The summed E-state index contributed by atoms with van der Waals surface area (Å²) in [5.74, 6) is 0.754. The maximum absolute atomic E-state index is 13.1. The smallest absolute Gasteiger partial charge is 0.133 e. The van der Waals surface area contributed by atoms with Crippen molar-refractivity contribution >= 4 is 15.9 Å². The summed E-state index contributed by atoms with van der Waals surface area (Å²) in [6, 6.07) is 11.5. The van der Waals surface area contributed by atoms with Gasteiger partial charge in [0.05, 0.1) is 0 Å². The van der Waals surface area contributed by atoms with Crippen molar-refractivity contribution in [1.29, 1.82) is 0 Å². The largest absolute Gasteiger partial charge is 0.457 e. The molecule has 0 aromatic heterocycles. The molecule has 0 aliphatic rings. The maximum Gasteiger partial charge on any atom is 0.133 e. The molecular weight excluding hydrogens is 297 g/mol. The van der Waals surface area contributed by atoms with Crippen LogP contribution in [0.2, 0.25) is 0 Å². The average Bonchev–Trinajstić information content (AvgIpc) is 2.28. The summed E-state index contributed by atoms with van der Waals surface area (Å²) in [6.45, 7) is 1.88. The van der Waals surface area contributed by atoms with E-state index in [1.165, 1.54) is 12.1 Å². The summed E-state index contributed by atoms with van der Waals surface area (Å²) in [4.78, 5) is 0. The van der Waals surface area contributed by atoms with Crippen molar-refractivity contribution in [2.24, 2.45) is 5.73 Å². The number of ether oxygens (including phenoxy) is 1. The van der Waals surface area contributed by atoms with E-state index >= 15 is 0 Å². The van der Waals surface area contributed by atoms with Crippen LogP contribution in [0.15, 0.2) is 46.9 Å². The third kappa shape index (κ3) is 3.09. The van der Waals surface area contributed by atoms with Gasteiger partial charge in [-0.1, -0.05) is 28.1 Å². The average molecular weight is 310 g/mol. The molecule has 4 heteroatoms. The molecule has 1 unspecified atom stereocenters. The molecule has 94 valence electrons. The van der Waals surface area contributed by atoms with E-state index in [0.717, 1.165) is 10.0 Å². The van der Waals surface area contributed by atoms with Crippen LogP contribution in [-0.2, 0) is 0 Å². The molecule has 2 rings (SSSR count). The molecule has 0 saturated heterocycles. The molecule has 0 fully saturated rings. The fraction of sp³-hybridized carbons (Fsp3) is 0.143. The third-order valence-corrected chi connectivity index (χ3v) is 2.98. The first kappa shape index (κ1) is 13.1. The Morgan fingerprint density at radius 2 is 2.00 bits per heavy atom. The molecule has 2 nitrogen and oxygen atoms in total. The third-order valence-electron chi connectivity index (χ3n) is 2.49. The second-order valence-electron chi connectivity index (χ2n) is 4.03. The number of hydrogen-bond acceptors (Lipinski definition) is 2. The molecule has 2 aromatic carbocycles. The highest BCUT2D eigenvalue weighted by molar-refractivity contribution is 9.10. The zero-order chi connectivity index (χ0) is 13.1. The lowest BCUT2D eigenvalue weighted by Crippen LogP contribution is -2.06. The number of nitrogens with two attached hydrogens (primary N) is 1. The summed E-state index contributed by atoms with van der Waals surface area (Å²) in [6.07, 6.45) is 0. The summed E-state index contributed by atoms with van der Waals surface area (Å²) in [7, 11) is 0. The Bertz CT molecular complexity index is 557. The summed E-state index contributed by atoms with van der Waals surface area (Å²) >= 11 is 3.38. The molecule has 0 saturated carbocycles. The summed E-state index contributed by atoms with van der Waals surface area (Å²) < 4.78 is 19.7. The topological polar surface area (TPSA) is 35.2 Å². The number of rotatable bonds is 3. The quantitative estimate of drug-likeness (QED) is 0.912. The van der Waals surface area contributed by atoms with Gasteiger partial charge in [-0.25, -0.2) is 4.39 Å². The molecule has 2 N–H and O–H groups in total. The van der Waals surface area contributed by atoms with Crippen LogP contribution in [0.4, 0.5) is 4.39 Å². The lowest BCUT2D eigenvalue weighted by atomic mass is 10.1. The fourth-order valence-corrected chi connectivity index (χ4v) is 1.97. The zero-order valence-electron chi connectivity index (χ0n) is 9.86. The van der Waals surface area contributed by atoms with Crippen molar-refractivity contribution in [3.05, 3.63) is 58.3 Å². The molecule has 0 aliphatic heterocycles. The van der Waals surface area contributed by atoms with E-state index in [1.54, 1.807) is 12.1 Å². The van der Waals surface area contributed by atoms with Gasteiger partial charge in [-0.2, -0.15) is 0 Å². The van der Waals surface area contributed by atoms with Crippen LogP contribution in [0.5, 0.6) is 11.5 Å². The van der Waals surface area contributed by atoms with Crippen molar-refractivity contribution < 1.29 is 9.13 Å². The predicted molar refractivity (Wildman–Crippen MR) is 73.2 cm³/mol. The Morgan fingerprint density at radius 3 is 2.67 bits per heavy atom. The van der Waals surface area contributed by atoms with Crippen LogP contribution < -0.4 is 10.5 Å². The maximum atomic E-state index is 13.1. The van der Waals surface area contributed by atoms with Crippen molar-refractivity contribution in [2.45, 2.75) is 13.0 Å². The van der Waals surface area contributed by atoms with Crippen LogP contribution in [0, 0.1) is 5.82 Å². The minimum atomic E-state index is -0.329. The number of halogens is 2. The van der Waals surface area contributed by atoms with Gasteiger partial charge in [-0.15, -0.1) is 0 Å². The minimum Gasteiger partial charge on any atom is -0.457 e. The van der Waals surface area contributed by atoms with Crippen molar-refractivity contribution in [3.8, 4) is 11.5 Å². The fourth-order valence-electron chi connectivity index (χ4n) is 1.63. The Hall–Kier alpha value is -1.39. The summed E-state index contributed by atoms with van der Waals surface area (Å²) in [5, 5.41) is 0. The van der Waals surface area contributed by atoms with E-state index < -0.39 is 0 Å². The Labute approximate surface area is 114 Å². The van der Waals surface area contributed by atoms with Gasteiger partial charge in [0.25, 0.3) is 0 Å². The van der Waals surface area contributed by atoms with E-state index in [2.05, 4.69) is 15.9 Å². The van der Waals surface area contributed by atoms with Crippen LogP contribution in [0.3, 0.4) is 0 Å². The summed E-state index contributed by atoms with van der Waals surface area (Å²) in [5.41, 5.74) is 6.76. The van der Waals surface area contributed by atoms with E-state index in [-0.39, 0.29) is 11.9 Å². The highest BCUT2D eigenvalue weighted by Gasteiger charge is 2.10. The standard InChI is InChI=1S/C14H13BrFNO/c1-9(17)13-6-5-10(15)7-14(13)18-12-4-2-3-11(16)8-12/h2-9H,17H2,1H3. The predicted octanol–water partition coefficient (Wildman–Crippen LogP) is 4.40. The monoisotopic (exact) mass is 309 g/mol. The van der Waals surface area contributed by atoms with Crippen LogP contribution in [0.1, 0.15) is 18.5 Å². The zero-order valence-corrected chi connectivity index (χ0v) is 11.4. The van der Waals surface area contributed by atoms with E-state index in [4.69, 9.17) is 10.5 Å². The molecule has 0 aliphatic carbocycles. The van der Waals surface area contributed by atoms with Gasteiger partial charge in [0.1, 0.15) is 17.3 Å². The lowest BCUT2D eigenvalue weighted by molar-refractivity contribution is 0.466. The minimum absolute atomic E-state index is 0.151. The molecule has 18 heavy (non-hydrogen) atoms. The Morgan fingerprint density at radius 1 is 1.22 bits per heavy atom. The second kappa shape index (κ2) is 5.50. The Kier molecular flexibility index (Phi) is 3.99. The van der Waals surface area contributed by atoms with Gasteiger partial charge >= 0.3 is 0 Å². The highest BCUT2D eigenvalue weighted by Crippen LogP contribution is 2.31. The number of hydrogen-bond donors (Lipinski definition) is 1. The normalized spacial score (nSPS) is 12.2. The van der Waals surface area contributed by atoms with Gasteiger partial charge in [-0.05, 0) is 31.2 Å². The molecule has 0 heterocycles. The second-order valence-corrected chi connectivity index (χ2v) is 4.95. The van der Waals surface area contributed by atoms with Gasteiger partial charge in [0, 0.05) is 22.1 Å². The number of benzene rings is 2. The van der Waals surface area contributed by atoms with Gasteiger partial charge in [0.2, 0.25) is 0 Å². The van der Waals surface area contributed by atoms with E-state index in [1.807, 2.05) is 25.1 Å². The molecule has 0 spiro atoms. The molecule has 0 bridgehead atoms. The van der Waals surface area contributed by atoms with Crippen molar-refractivity contribution in [2.75, 3.05) is 0 Å². The van der Waals surface area contributed by atoms with Gasteiger partial charge in [0.15, 0.2) is 0 Å². The lowest BCUT2D eigenvalue weighted by Gasteiger charge is -2.14. The van der Waals surface area contributed by atoms with Gasteiger partial charge < -0.3 is 10.5 Å². The Balaban J connectivity index is 2.36. The van der Waals surface area contributed by atoms with Crippen LogP contribution in [-0.4, -0.2) is 0 Å². The molecule has 0 amide bonds. The molecule has 0 radical (unpaired) electrons. The van der Waals surface area contributed by atoms with Crippen LogP contribution in [0.25, 0.3) is 0 Å². The van der Waals surface area contributed by atoms with Crippen molar-refractivity contribution in [3.63, 3.8) is 0 Å². The van der Waals surface area contributed by atoms with E-state index in [0.29, 0.717) is 11.5 Å². The molecule has 2 aromatic rings. The first-order valence-corrected chi connectivity index (χ1v) is 6.34. The molecule has 1 atom stereocenters.